The second-order valence-corrected chi connectivity index (χ2v) is 5.65. The molecule has 25 heavy (non-hydrogen) atoms. The first-order valence-electron chi connectivity index (χ1n) is 7.34. The van der Waals surface area contributed by atoms with Crippen LogP contribution in [0.25, 0.3) is 0 Å². The maximum atomic E-state index is 12.5. The minimum atomic E-state index is -0.521. The van der Waals surface area contributed by atoms with E-state index in [1.54, 1.807) is 31.2 Å². The number of ether oxygens (including phenoxy) is 2. The number of nitrogens with zero attached hydrogens (tertiary/aromatic N) is 1. The summed E-state index contributed by atoms with van der Waals surface area (Å²) in [5, 5.41) is 13.8. The predicted octanol–water partition coefficient (Wildman–Crippen LogP) is 4.01. The number of anilines is 1. The molecule has 0 fully saturated rings. The lowest BCUT2D eigenvalue weighted by molar-refractivity contribution is -0.384. The van der Waals surface area contributed by atoms with Gasteiger partial charge in [-0.15, -0.1) is 0 Å². The van der Waals surface area contributed by atoms with E-state index in [9.17, 15) is 14.9 Å². The maximum absolute atomic E-state index is 12.5. The van der Waals surface area contributed by atoms with Crippen molar-refractivity contribution < 1.29 is 19.2 Å². The van der Waals surface area contributed by atoms with Gasteiger partial charge in [-0.3, -0.25) is 14.9 Å². The Labute approximate surface area is 149 Å². The number of nitro groups is 1. The SMILES string of the molecule is COc1cc(NC(=O)[C@H](C)c2ccc([N+](=O)[O-])cc2)c(OC)cc1Cl. The summed E-state index contributed by atoms with van der Waals surface area (Å²) >= 11 is 6.04. The quantitative estimate of drug-likeness (QED) is 0.617. The number of carbonyl (C=O) groups excluding carboxylic acids is 1. The molecule has 0 spiro atoms. The first-order valence-corrected chi connectivity index (χ1v) is 7.72. The third kappa shape index (κ3) is 4.19. The third-order valence-electron chi connectivity index (χ3n) is 3.73. The van der Waals surface area contributed by atoms with Crippen LogP contribution in [0.3, 0.4) is 0 Å². The van der Waals surface area contributed by atoms with Crippen LogP contribution in [0.15, 0.2) is 36.4 Å². The molecule has 0 aliphatic heterocycles. The van der Waals surface area contributed by atoms with Crippen LogP contribution in [0.1, 0.15) is 18.4 Å². The van der Waals surface area contributed by atoms with Crippen LogP contribution in [0.5, 0.6) is 11.5 Å². The van der Waals surface area contributed by atoms with Gasteiger partial charge >= 0.3 is 0 Å². The minimum absolute atomic E-state index is 0.0273. The molecule has 1 atom stereocenters. The van der Waals surface area contributed by atoms with E-state index >= 15 is 0 Å². The Kier molecular flexibility index (Phi) is 5.82. The van der Waals surface area contributed by atoms with Gasteiger partial charge in [-0.2, -0.15) is 0 Å². The number of hydrogen-bond acceptors (Lipinski definition) is 5. The first-order chi connectivity index (χ1) is 11.9. The standard InChI is InChI=1S/C17H17ClN2O5/c1-10(11-4-6-12(7-5-11)20(22)23)17(21)19-14-9-15(24-2)13(18)8-16(14)25-3/h4-10H,1-3H3,(H,19,21)/t10-/m1/s1. The average molecular weight is 365 g/mol. The van der Waals surface area contributed by atoms with Crippen molar-refractivity contribution in [3.05, 3.63) is 57.1 Å². The molecule has 0 saturated heterocycles. The molecule has 0 radical (unpaired) electrons. The Morgan fingerprint density at radius 1 is 1.16 bits per heavy atom. The van der Waals surface area contributed by atoms with Crippen molar-refractivity contribution in [2.24, 2.45) is 0 Å². The van der Waals surface area contributed by atoms with E-state index < -0.39 is 10.8 Å². The number of nitrogens with one attached hydrogen (secondary N) is 1. The van der Waals surface area contributed by atoms with Gasteiger partial charge in [0.2, 0.25) is 5.91 Å². The Morgan fingerprint density at radius 2 is 1.76 bits per heavy atom. The van der Waals surface area contributed by atoms with E-state index in [0.717, 1.165) is 0 Å². The second-order valence-electron chi connectivity index (χ2n) is 5.25. The zero-order valence-electron chi connectivity index (χ0n) is 13.9. The highest BCUT2D eigenvalue weighted by molar-refractivity contribution is 6.32. The molecular weight excluding hydrogens is 348 g/mol. The molecule has 1 N–H and O–H groups in total. The molecule has 0 unspecified atom stereocenters. The molecule has 132 valence electrons. The minimum Gasteiger partial charge on any atom is -0.495 e. The molecule has 2 rings (SSSR count). The molecule has 2 aromatic rings. The molecule has 0 aromatic heterocycles. The smallest absolute Gasteiger partial charge is 0.269 e. The monoisotopic (exact) mass is 364 g/mol. The summed E-state index contributed by atoms with van der Waals surface area (Å²) in [6.07, 6.45) is 0. The predicted molar refractivity (Wildman–Crippen MR) is 94.7 cm³/mol. The number of benzene rings is 2. The molecule has 0 heterocycles. The van der Waals surface area contributed by atoms with Gasteiger partial charge in [0.25, 0.3) is 5.69 Å². The van der Waals surface area contributed by atoms with Crippen molar-refractivity contribution >= 4 is 28.9 Å². The van der Waals surface area contributed by atoms with E-state index in [1.807, 2.05) is 0 Å². The molecule has 7 nitrogen and oxygen atoms in total. The Balaban J connectivity index is 2.22. The van der Waals surface area contributed by atoms with Gasteiger partial charge in [0.1, 0.15) is 11.5 Å². The number of methoxy groups -OCH3 is 2. The summed E-state index contributed by atoms with van der Waals surface area (Å²) in [5.74, 6) is -0.0143. The number of halogens is 1. The highest BCUT2D eigenvalue weighted by atomic mass is 35.5. The summed E-state index contributed by atoms with van der Waals surface area (Å²) in [7, 11) is 2.94. The number of nitro benzene ring substituents is 1. The van der Waals surface area contributed by atoms with Gasteiger partial charge in [-0.05, 0) is 12.5 Å². The normalized spacial score (nSPS) is 11.5. The Bertz CT molecular complexity index is 792. The molecule has 0 bridgehead atoms. The topological polar surface area (TPSA) is 90.7 Å². The Hall–Kier alpha value is -2.80. The average Bonchev–Trinajstić information content (AvgIpc) is 2.62. The zero-order valence-corrected chi connectivity index (χ0v) is 14.7. The molecule has 0 aliphatic carbocycles. The largest absolute Gasteiger partial charge is 0.495 e. The van der Waals surface area contributed by atoms with Crippen LogP contribution in [0.4, 0.5) is 11.4 Å². The van der Waals surface area contributed by atoms with Gasteiger partial charge in [-0.25, -0.2) is 0 Å². The van der Waals surface area contributed by atoms with Crippen molar-refractivity contribution in [1.82, 2.24) is 0 Å². The van der Waals surface area contributed by atoms with Crippen LogP contribution in [-0.4, -0.2) is 25.1 Å². The fourth-order valence-electron chi connectivity index (χ4n) is 2.24. The Morgan fingerprint density at radius 3 is 2.28 bits per heavy atom. The number of rotatable bonds is 6. The van der Waals surface area contributed by atoms with E-state index in [0.29, 0.717) is 27.8 Å². The van der Waals surface area contributed by atoms with Crippen LogP contribution in [-0.2, 0) is 4.79 Å². The van der Waals surface area contributed by atoms with Gasteiger partial charge in [-0.1, -0.05) is 23.7 Å². The molecular formula is C17H17ClN2O5. The lowest BCUT2D eigenvalue weighted by Crippen LogP contribution is -2.19. The molecule has 2 aromatic carbocycles. The summed E-state index contributed by atoms with van der Waals surface area (Å²) in [6.45, 7) is 1.70. The van der Waals surface area contributed by atoms with Crippen LogP contribution in [0, 0.1) is 10.1 Å². The van der Waals surface area contributed by atoms with Crippen molar-refractivity contribution in [1.29, 1.82) is 0 Å². The molecule has 0 saturated carbocycles. The number of amides is 1. The maximum Gasteiger partial charge on any atom is 0.269 e. The van der Waals surface area contributed by atoms with Crippen molar-refractivity contribution in [3.8, 4) is 11.5 Å². The van der Waals surface area contributed by atoms with Crippen molar-refractivity contribution in [2.75, 3.05) is 19.5 Å². The lowest BCUT2D eigenvalue weighted by Gasteiger charge is -2.16. The number of hydrogen-bond donors (Lipinski definition) is 1. The highest BCUT2D eigenvalue weighted by Crippen LogP contribution is 2.36. The van der Waals surface area contributed by atoms with Crippen LogP contribution in [0.2, 0.25) is 5.02 Å². The van der Waals surface area contributed by atoms with E-state index in [2.05, 4.69) is 5.32 Å². The summed E-state index contributed by atoms with van der Waals surface area (Å²) in [5.41, 5.74) is 1.05. The lowest BCUT2D eigenvalue weighted by atomic mass is 10.00. The third-order valence-corrected chi connectivity index (χ3v) is 4.02. The van der Waals surface area contributed by atoms with Gasteiger partial charge in [0, 0.05) is 24.3 Å². The van der Waals surface area contributed by atoms with E-state index in [-0.39, 0.29) is 11.6 Å². The fourth-order valence-corrected chi connectivity index (χ4v) is 2.47. The molecule has 8 heteroatoms. The summed E-state index contributed by atoms with van der Waals surface area (Å²) in [6, 6.07) is 8.97. The highest BCUT2D eigenvalue weighted by Gasteiger charge is 2.19. The zero-order chi connectivity index (χ0) is 18.6. The van der Waals surface area contributed by atoms with Gasteiger partial charge in [0.15, 0.2) is 0 Å². The van der Waals surface area contributed by atoms with Crippen LogP contribution < -0.4 is 14.8 Å². The van der Waals surface area contributed by atoms with Crippen molar-refractivity contribution in [2.45, 2.75) is 12.8 Å². The summed E-state index contributed by atoms with van der Waals surface area (Å²) < 4.78 is 10.4. The van der Waals surface area contributed by atoms with Crippen LogP contribution >= 0.6 is 11.6 Å². The first kappa shape index (κ1) is 18.5. The molecule has 1 amide bonds. The second kappa shape index (κ2) is 7.85. The van der Waals surface area contributed by atoms with Crippen molar-refractivity contribution in [3.63, 3.8) is 0 Å². The van der Waals surface area contributed by atoms with Gasteiger partial charge in [0.05, 0.1) is 35.8 Å². The fraction of sp³-hybridized carbons (Fsp3) is 0.235. The molecule has 0 aliphatic rings. The summed E-state index contributed by atoms with van der Waals surface area (Å²) in [4.78, 5) is 22.7. The van der Waals surface area contributed by atoms with Gasteiger partial charge < -0.3 is 14.8 Å². The van der Waals surface area contributed by atoms with E-state index in [4.69, 9.17) is 21.1 Å². The van der Waals surface area contributed by atoms with E-state index in [1.165, 1.54) is 26.4 Å². The number of non-ortho nitro benzene ring substituents is 1. The number of carbonyl (C=O) groups is 1.